The van der Waals surface area contributed by atoms with Crippen LogP contribution in [0, 0.1) is 5.92 Å². The smallest absolute Gasteiger partial charge is 0.202 e. The Labute approximate surface area is 37.3 Å². The van der Waals surface area contributed by atoms with Crippen molar-refractivity contribution in [3.05, 3.63) is 0 Å². The van der Waals surface area contributed by atoms with E-state index in [1.807, 2.05) is 0 Å². The van der Waals surface area contributed by atoms with Crippen LogP contribution in [-0.4, -0.2) is 12.8 Å². The Morgan fingerprint density at radius 3 is 2.50 bits per heavy atom. The zero-order valence-corrected chi connectivity index (χ0v) is 3.77. The van der Waals surface area contributed by atoms with Gasteiger partial charge in [-0.05, 0) is 0 Å². The van der Waals surface area contributed by atoms with Gasteiger partial charge in [-0.15, -0.1) is 0 Å². The first kappa shape index (κ1) is 5.63. The summed E-state index contributed by atoms with van der Waals surface area (Å²) in [6.45, 7) is 2.14. The summed E-state index contributed by atoms with van der Waals surface area (Å²) in [5.41, 5.74) is 5.02. The molecular weight excluding hydrogens is 78.1 g/mol. The molecule has 0 saturated carbocycles. The SMILES string of the molecule is CC([C]=O)CN. The van der Waals surface area contributed by atoms with Gasteiger partial charge in [0.1, 0.15) is 0 Å². The van der Waals surface area contributed by atoms with E-state index in [4.69, 9.17) is 5.73 Å². The second-order valence-electron chi connectivity index (χ2n) is 1.25. The van der Waals surface area contributed by atoms with Gasteiger partial charge in [0.15, 0.2) is 0 Å². The van der Waals surface area contributed by atoms with E-state index in [2.05, 4.69) is 0 Å². The number of carbonyl (C=O) groups excluding carboxylic acids is 1. The van der Waals surface area contributed by atoms with Crippen LogP contribution in [0.1, 0.15) is 6.92 Å². The van der Waals surface area contributed by atoms with Crippen molar-refractivity contribution < 1.29 is 4.79 Å². The van der Waals surface area contributed by atoms with E-state index < -0.39 is 0 Å². The van der Waals surface area contributed by atoms with Gasteiger partial charge in [0, 0.05) is 12.5 Å². The fourth-order valence-corrected chi connectivity index (χ4v) is 0.0481. The molecule has 0 rings (SSSR count). The van der Waals surface area contributed by atoms with E-state index in [0.717, 1.165) is 0 Å². The molecule has 0 spiro atoms. The quantitative estimate of drug-likeness (QED) is 0.501. The maximum Gasteiger partial charge on any atom is 0.202 e. The van der Waals surface area contributed by atoms with Crippen molar-refractivity contribution in [2.24, 2.45) is 11.7 Å². The average molecular weight is 86.1 g/mol. The fourth-order valence-electron chi connectivity index (χ4n) is 0.0481. The van der Waals surface area contributed by atoms with E-state index in [1.165, 1.54) is 0 Å². The van der Waals surface area contributed by atoms with Crippen LogP contribution in [-0.2, 0) is 4.79 Å². The van der Waals surface area contributed by atoms with Gasteiger partial charge >= 0.3 is 0 Å². The summed E-state index contributed by atoms with van der Waals surface area (Å²) in [4.78, 5) is 9.53. The standard InChI is InChI=1S/C4H8NO/c1-4(2-5)3-6/h4H,2,5H2,1H3. The summed E-state index contributed by atoms with van der Waals surface area (Å²) in [6.07, 6.45) is 1.74. The minimum Gasteiger partial charge on any atom is -0.330 e. The highest BCUT2D eigenvalue weighted by Gasteiger charge is 1.91. The van der Waals surface area contributed by atoms with Crippen molar-refractivity contribution in [2.45, 2.75) is 6.92 Å². The third-order valence-corrected chi connectivity index (χ3v) is 0.555. The Kier molecular flexibility index (Phi) is 2.67. The van der Waals surface area contributed by atoms with Crippen molar-refractivity contribution >= 4 is 6.29 Å². The maximum absolute atomic E-state index is 9.53. The number of hydrogen-bond donors (Lipinski definition) is 1. The van der Waals surface area contributed by atoms with E-state index in [0.29, 0.717) is 6.54 Å². The third-order valence-electron chi connectivity index (χ3n) is 0.555. The summed E-state index contributed by atoms with van der Waals surface area (Å²) >= 11 is 0. The predicted octanol–water partition coefficient (Wildman–Crippen LogP) is -0.309. The Bertz CT molecular complexity index is 44.8. The molecule has 0 aliphatic carbocycles. The van der Waals surface area contributed by atoms with Crippen molar-refractivity contribution in [3.8, 4) is 0 Å². The Hall–Kier alpha value is -0.370. The predicted molar refractivity (Wildman–Crippen MR) is 23.9 cm³/mol. The lowest BCUT2D eigenvalue weighted by Crippen LogP contribution is -2.10. The van der Waals surface area contributed by atoms with Gasteiger partial charge in [0.25, 0.3) is 0 Å². The molecule has 1 radical (unpaired) electrons. The highest BCUT2D eigenvalue weighted by Crippen LogP contribution is 1.78. The van der Waals surface area contributed by atoms with Crippen molar-refractivity contribution in [1.29, 1.82) is 0 Å². The molecule has 0 aromatic heterocycles. The first-order chi connectivity index (χ1) is 2.81. The first-order valence-corrected chi connectivity index (χ1v) is 1.89. The van der Waals surface area contributed by atoms with Gasteiger partial charge in [0.2, 0.25) is 6.29 Å². The van der Waals surface area contributed by atoms with Gasteiger partial charge in [0.05, 0.1) is 0 Å². The molecule has 0 aromatic rings. The van der Waals surface area contributed by atoms with Crippen LogP contribution in [0.15, 0.2) is 0 Å². The van der Waals surface area contributed by atoms with Crippen LogP contribution in [0.4, 0.5) is 0 Å². The topological polar surface area (TPSA) is 43.1 Å². The summed E-state index contributed by atoms with van der Waals surface area (Å²) in [5, 5.41) is 0. The van der Waals surface area contributed by atoms with E-state index in [1.54, 1.807) is 13.2 Å². The number of rotatable bonds is 2. The highest BCUT2D eigenvalue weighted by molar-refractivity contribution is 5.53. The molecule has 2 heteroatoms. The summed E-state index contributed by atoms with van der Waals surface area (Å²) in [7, 11) is 0. The zero-order valence-electron chi connectivity index (χ0n) is 3.77. The summed E-state index contributed by atoms with van der Waals surface area (Å²) < 4.78 is 0. The minimum atomic E-state index is -0.0926. The summed E-state index contributed by atoms with van der Waals surface area (Å²) in [5.74, 6) is -0.0926. The van der Waals surface area contributed by atoms with Gasteiger partial charge < -0.3 is 5.73 Å². The molecule has 0 aliphatic rings. The maximum atomic E-state index is 9.53. The van der Waals surface area contributed by atoms with E-state index in [9.17, 15) is 4.79 Å². The third kappa shape index (κ3) is 1.91. The van der Waals surface area contributed by atoms with Crippen molar-refractivity contribution in [2.75, 3.05) is 6.54 Å². The normalized spacial score (nSPS) is 13.7. The van der Waals surface area contributed by atoms with Crippen LogP contribution >= 0.6 is 0 Å². The molecule has 0 bridgehead atoms. The average Bonchev–Trinajstić information content (AvgIpc) is 1.65. The number of nitrogens with two attached hydrogens (primary N) is 1. The molecule has 0 saturated heterocycles. The van der Waals surface area contributed by atoms with Crippen LogP contribution in [0.5, 0.6) is 0 Å². The second kappa shape index (κ2) is 2.85. The minimum absolute atomic E-state index is 0.0926. The molecule has 0 heterocycles. The fraction of sp³-hybridized carbons (Fsp3) is 0.750. The Morgan fingerprint density at radius 1 is 2.00 bits per heavy atom. The van der Waals surface area contributed by atoms with Crippen LogP contribution in [0.3, 0.4) is 0 Å². The lowest BCUT2D eigenvalue weighted by atomic mass is 10.2. The molecule has 0 fully saturated rings. The van der Waals surface area contributed by atoms with Crippen LogP contribution < -0.4 is 5.73 Å². The van der Waals surface area contributed by atoms with Crippen LogP contribution in [0.25, 0.3) is 0 Å². The van der Waals surface area contributed by atoms with Crippen molar-refractivity contribution in [3.63, 3.8) is 0 Å². The van der Waals surface area contributed by atoms with Crippen molar-refractivity contribution in [1.82, 2.24) is 0 Å². The molecule has 0 aliphatic heterocycles. The Morgan fingerprint density at radius 2 is 2.50 bits per heavy atom. The molecule has 35 valence electrons. The molecule has 0 amide bonds. The first-order valence-electron chi connectivity index (χ1n) is 1.89. The largest absolute Gasteiger partial charge is 0.330 e. The molecule has 1 unspecified atom stereocenters. The van der Waals surface area contributed by atoms with Gasteiger partial charge in [-0.3, -0.25) is 4.79 Å². The Balaban J connectivity index is 2.96. The lowest BCUT2D eigenvalue weighted by Gasteiger charge is -1.88. The van der Waals surface area contributed by atoms with Gasteiger partial charge in [-0.25, -0.2) is 0 Å². The molecule has 1 atom stereocenters. The lowest BCUT2D eigenvalue weighted by molar-refractivity contribution is 0.531. The molecular formula is C4H8NO. The van der Waals surface area contributed by atoms with Gasteiger partial charge in [-0.1, -0.05) is 6.92 Å². The summed E-state index contributed by atoms with van der Waals surface area (Å²) in [6, 6.07) is 0. The molecule has 0 aromatic carbocycles. The number of hydrogen-bond acceptors (Lipinski definition) is 2. The zero-order chi connectivity index (χ0) is 4.99. The van der Waals surface area contributed by atoms with E-state index in [-0.39, 0.29) is 5.92 Å². The molecule has 6 heavy (non-hydrogen) atoms. The van der Waals surface area contributed by atoms with Gasteiger partial charge in [-0.2, -0.15) is 0 Å². The molecule has 2 N–H and O–H groups in total. The molecule has 2 nitrogen and oxygen atoms in total. The second-order valence-corrected chi connectivity index (χ2v) is 1.25. The van der Waals surface area contributed by atoms with E-state index >= 15 is 0 Å². The highest BCUT2D eigenvalue weighted by atomic mass is 16.1. The van der Waals surface area contributed by atoms with Crippen LogP contribution in [0.2, 0.25) is 0 Å². The monoisotopic (exact) mass is 86.1 g/mol.